The number of alkyl halides is 1. The van der Waals surface area contributed by atoms with E-state index in [0.717, 1.165) is 25.7 Å². The van der Waals surface area contributed by atoms with Crippen molar-refractivity contribution in [3.63, 3.8) is 0 Å². The molecule has 1 saturated carbocycles. The van der Waals surface area contributed by atoms with Crippen molar-refractivity contribution in [1.29, 1.82) is 0 Å². The molecule has 0 aliphatic heterocycles. The molecule has 19 heavy (non-hydrogen) atoms. The fourth-order valence-electron chi connectivity index (χ4n) is 2.50. The van der Waals surface area contributed by atoms with E-state index in [2.05, 4.69) is 9.82 Å². The van der Waals surface area contributed by atoms with Gasteiger partial charge in [0.1, 0.15) is 0 Å². The van der Waals surface area contributed by atoms with Gasteiger partial charge in [-0.1, -0.05) is 24.4 Å². The summed E-state index contributed by atoms with van der Waals surface area (Å²) in [5.41, 5.74) is 0. The zero-order chi connectivity index (χ0) is 14.0. The number of aromatic nitrogens is 2. The number of rotatable bonds is 4. The summed E-state index contributed by atoms with van der Waals surface area (Å²) >= 11 is 11.8. The Kier molecular flexibility index (Phi) is 4.76. The van der Waals surface area contributed by atoms with Gasteiger partial charge in [-0.3, -0.25) is 4.68 Å². The molecule has 2 rings (SSSR count). The van der Waals surface area contributed by atoms with Crippen molar-refractivity contribution >= 4 is 33.2 Å². The topological polar surface area (TPSA) is 64.0 Å². The van der Waals surface area contributed by atoms with Crippen LogP contribution in [0.25, 0.3) is 0 Å². The molecule has 2 atom stereocenters. The van der Waals surface area contributed by atoms with Gasteiger partial charge in [-0.15, -0.1) is 11.6 Å². The highest BCUT2D eigenvalue weighted by Crippen LogP contribution is 2.28. The first-order valence-corrected chi connectivity index (χ1v) is 8.61. The van der Waals surface area contributed by atoms with Gasteiger partial charge in [0, 0.05) is 19.0 Å². The van der Waals surface area contributed by atoms with E-state index >= 15 is 0 Å². The largest absolute Gasteiger partial charge is 0.259 e. The molecule has 8 heteroatoms. The second-order valence-electron chi connectivity index (χ2n) is 4.85. The first kappa shape index (κ1) is 15.1. The molecule has 0 amide bonds. The lowest BCUT2D eigenvalue weighted by atomic mass is 9.86. The second kappa shape index (κ2) is 5.99. The maximum absolute atomic E-state index is 12.4. The van der Waals surface area contributed by atoms with Crippen molar-refractivity contribution < 1.29 is 8.42 Å². The van der Waals surface area contributed by atoms with E-state index in [0.29, 0.717) is 5.88 Å². The van der Waals surface area contributed by atoms with E-state index in [1.807, 2.05) is 0 Å². The molecular weight excluding hydrogens is 309 g/mol. The molecule has 0 aromatic carbocycles. The zero-order valence-electron chi connectivity index (χ0n) is 10.6. The standard InChI is InChI=1S/C11H17Cl2N3O2S/c1-16-11(9(13)7-14-16)19(17,18)15-10-5-3-2-4-8(10)6-12/h7-8,10,15H,2-6H2,1H3. The summed E-state index contributed by atoms with van der Waals surface area (Å²) in [5.74, 6) is 0.643. The molecule has 1 fully saturated rings. The SMILES string of the molecule is Cn1ncc(Cl)c1S(=O)(=O)NC1CCCCC1CCl. The number of hydrogen-bond donors (Lipinski definition) is 1. The highest BCUT2D eigenvalue weighted by molar-refractivity contribution is 7.89. The Balaban J connectivity index is 2.21. The smallest absolute Gasteiger partial charge is 0.255 e. The van der Waals surface area contributed by atoms with Crippen LogP contribution in [-0.4, -0.2) is 30.1 Å². The fraction of sp³-hybridized carbons (Fsp3) is 0.727. The summed E-state index contributed by atoms with van der Waals surface area (Å²) in [7, 11) is -2.11. The molecule has 1 N–H and O–H groups in total. The van der Waals surface area contributed by atoms with Crippen molar-refractivity contribution in [2.75, 3.05) is 5.88 Å². The van der Waals surface area contributed by atoms with E-state index in [1.54, 1.807) is 7.05 Å². The normalized spacial score (nSPS) is 24.6. The van der Waals surface area contributed by atoms with Crippen LogP contribution in [0.5, 0.6) is 0 Å². The van der Waals surface area contributed by atoms with E-state index in [9.17, 15) is 8.42 Å². The lowest BCUT2D eigenvalue weighted by Crippen LogP contribution is -2.43. The molecule has 0 saturated heterocycles. The van der Waals surface area contributed by atoms with Crippen LogP contribution in [0, 0.1) is 5.92 Å². The number of hydrogen-bond acceptors (Lipinski definition) is 3. The molecule has 0 radical (unpaired) electrons. The van der Waals surface area contributed by atoms with E-state index in [-0.39, 0.29) is 22.0 Å². The third kappa shape index (κ3) is 3.24. The van der Waals surface area contributed by atoms with Gasteiger partial charge in [0.15, 0.2) is 5.03 Å². The monoisotopic (exact) mass is 325 g/mol. The Morgan fingerprint density at radius 1 is 1.47 bits per heavy atom. The van der Waals surface area contributed by atoms with Gasteiger partial charge in [-0.25, -0.2) is 13.1 Å². The molecule has 1 aromatic heterocycles. The highest BCUT2D eigenvalue weighted by atomic mass is 35.5. The highest BCUT2D eigenvalue weighted by Gasteiger charge is 2.31. The summed E-state index contributed by atoms with van der Waals surface area (Å²) in [6.45, 7) is 0. The third-order valence-corrected chi connectivity index (χ3v) is 5.90. The Labute approximate surface area is 123 Å². The van der Waals surface area contributed by atoms with Crippen LogP contribution in [0.15, 0.2) is 11.2 Å². The maximum Gasteiger partial charge on any atom is 0.259 e. The predicted octanol–water partition coefficient (Wildman–Crippen LogP) is 2.15. The Morgan fingerprint density at radius 2 is 2.16 bits per heavy atom. The molecular formula is C11H17Cl2N3O2S. The number of sulfonamides is 1. The predicted molar refractivity (Wildman–Crippen MR) is 75.0 cm³/mol. The van der Waals surface area contributed by atoms with Gasteiger partial charge < -0.3 is 0 Å². The molecule has 0 bridgehead atoms. The fourth-order valence-corrected chi connectivity index (χ4v) is 4.87. The number of nitrogens with one attached hydrogen (secondary N) is 1. The molecule has 1 heterocycles. The van der Waals surface area contributed by atoms with E-state index in [4.69, 9.17) is 23.2 Å². The van der Waals surface area contributed by atoms with Gasteiger partial charge >= 0.3 is 0 Å². The molecule has 1 aliphatic rings. The van der Waals surface area contributed by atoms with Crippen LogP contribution in [0.3, 0.4) is 0 Å². The number of aryl methyl sites for hydroxylation is 1. The first-order chi connectivity index (χ1) is 8.95. The Morgan fingerprint density at radius 3 is 2.74 bits per heavy atom. The second-order valence-corrected chi connectivity index (χ2v) is 7.19. The van der Waals surface area contributed by atoms with Crippen molar-refractivity contribution in [1.82, 2.24) is 14.5 Å². The molecule has 0 spiro atoms. The quantitative estimate of drug-likeness (QED) is 0.862. The minimum Gasteiger partial charge on any atom is -0.255 e. The average Bonchev–Trinajstić information content (AvgIpc) is 2.70. The molecule has 5 nitrogen and oxygen atoms in total. The van der Waals surface area contributed by atoms with Crippen LogP contribution in [0.4, 0.5) is 0 Å². The van der Waals surface area contributed by atoms with Gasteiger partial charge in [0.2, 0.25) is 0 Å². The van der Waals surface area contributed by atoms with Crippen molar-refractivity contribution in [2.24, 2.45) is 13.0 Å². The summed E-state index contributed by atoms with van der Waals surface area (Å²) in [6, 6.07) is -0.123. The number of halogens is 2. The third-order valence-electron chi connectivity index (χ3n) is 3.51. The van der Waals surface area contributed by atoms with Crippen molar-refractivity contribution in [3.8, 4) is 0 Å². The Bertz CT molecular complexity index is 525. The minimum absolute atomic E-state index is 0.00747. The van der Waals surface area contributed by atoms with E-state index in [1.165, 1.54) is 10.9 Å². The Hall–Kier alpha value is -0.300. The van der Waals surface area contributed by atoms with Crippen LogP contribution >= 0.6 is 23.2 Å². The van der Waals surface area contributed by atoms with Crippen molar-refractivity contribution in [3.05, 3.63) is 11.2 Å². The van der Waals surface area contributed by atoms with Crippen LogP contribution < -0.4 is 4.72 Å². The average molecular weight is 326 g/mol. The van der Waals surface area contributed by atoms with Gasteiger partial charge in [0.05, 0.1) is 11.2 Å². The van der Waals surface area contributed by atoms with Crippen LogP contribution in [0.2, 0.25) is 5.02 Å². The van der Waals surface area contributed by atoms with Gasteiger partial charge in [-0.05, 0) is 18.8 Å². The summed E-state index contributed by atoms with van der Waals surface area (Å²) in [5, 5.41) is 3.99. The first-order valence-electron chi connectivity index (χ1n) is 6.21. The van der Waals surface area contributed by atoms with Gasteiger partial charge in [0.25, 0.3) is 10.0 Å². The molecule has 2 unspecified atom stereocenters. The molecule has 1 aliphatic carbocycles. The molecule has 1 aromatic rings. The maximum atomic E-state index is 12.4. The lowest BCUT2D eigenvalue weighted by Gasteiger charge is -2.30. The lowest BCUT2D eigenvalue weighted by molar-refractivity contribution is 0.313. The van der Waals surface area contributed by atoms with Crippen LogP contribution in [0.1, 0.15) is 25.7 Å². The van der Waals surface area contributed by atoms with Crippen molar-refractivity contribution in [2.45, 2.75) is 36.8 Å². The van der Waals surface area contributed by atoms with Crippen LogP contribution in [-0.2, 0) is 17.1 Å². The molecule has 108 valence electrons. The zero-order valence-corrected chi connectivity index (χ0v) is 13.0. The van der Waals surface area contributed by atoms with E-state index < -0.39 is 10.0 Å². The minimum atomic E-state index is -3.66. The number of nitrogens with zero attached hydrogens (tertiary/aromatic N) is 2. The summed E-state index contributed by atoms with van der Waals surface area (Å²) < 4.78 is 28.7. The summed E-state index contributed by atoms with van der Waals surface area (Å²) in [4.78, 5) is 0. The van der Waals surface area contributed by atoms with Gasteiger partial charge in [-0.2, -0.15) is 5.10 Å². The summed E-state index contributed by atoms with van der Waals surface area (Å²) in [6.07, 6.45) is 5.21.